The van der Waals surface area contributed by atoms with Crippen molar-refractivity contribution in [2.45, 2.75) is 210 Å². The van der Waals surface area contributed by atoms with E-state index in [0.717, 1.165) is 44.9 Å². The Morgan fingerprint density at radius 2 is 0.932 bits per heavy atom. The van der Waals surface area contributed by atoms with E-state index in [0.29, 0.717) is 36.5 Å². The first-order valence-electron chi connectivity index (χ1n) is 31.5. The standard InChI is InChI=1S/C33H46ClN5O6.C32H51N5O6/c1-16(2)23(25(40)18-10-12-19(34)13-11-18)37-31(45)38-27(32(3,4)5)30(44)39-15-20-22(33(20,6)7)24(39)29(43)36-21(14-17-8-9-17)26(41)28(35)42;1-16(2)21(25(39)32(8)12-13-32)35-29(43)36-24(30(3,4)5)28(42)37-15-18-20(31(18,6)7)22(37)27(41)34-19(23(38)26(33)40)14-17-10-9-11-17/h10-13,16-17,20-24,27H,8-9,14-15H2,1-7H3,(H2,35,42)(H,36,43)(H2,37,38,45);16-22,24H,9-15H2,1-8H3,(H2,33,40)(H,34,41)(H2,35,36,43)/t20-,21?,22-,23-,24-,27+;18-,19?,20-,21-,22-,24+/m00/s1. The molecule has 0 aromatic heterocycles. The fraction of sp³-hybridized carbons (Fsp3) is 0.723. The molecule has 7 aliphatic rings. The zero-order valence-corrected chi connectivity index (χ0v) is 54.9. The zero-order chi connectivity index (χ0) is 65.8. The Morgan fingerprint density at radius 1 is 0.557 bits per heavy atom. The molecule has 5 aliphatic carbocycles. The van der Waals surface area contributed by atoms with E-state index >= 15 is 0 Å². The molecule has 10 amide bonds. The van der Waals surface area contributed by atoms with Crippen LogP contribution in [0.5, 0.6) is 0 Å². The molecule has 7 fully saturated rings. The maximum absolute atomic E-state index is 14.2. The van der Waals surface area contributed by atoms with Crippen LogP contribution in [-0.2, 0) is 43.2 Å². The van der Waals surface area contributed by atoms with Crippen molar-refractivity contribution in [2.24, 2.45) is 85.9 Å². The van der Waals surface area contributed by atoms with Crippen molar-refractivity contribution >= 4 is 82.2 Å². The summed E-state index contributed by atoms with van der Waals surface area (Å²) in [5, 5.41) is 17.2. The Balaban J connectivity index is 0.000000251. The third kappa shape index (κ3) is 15.2. The number of likely N-dealkylation sites (tertiary alicyclic amines) is 2. The number of nitrogens with zero attached hydrogens (tertiary/aromatic N) is 2. The van der Waals surface area contributed by atoms with Gasteiger partial charge in [-0.2, -0.15) is 0 Å². The van der Waals surface area contributed by atoms with Gasteiger partial charge in [0.1, 0.15) is 24.2 Å². The van der Waals surface area contributed by atoms with Crippen LogP contribution in [0.25, 0.3) is 0 Å². The Morgan fingerprint density at radius 3 is 1.25 bits per heavy atom. The monoisotopic (exact) mass is 1240 g/mol. The number of piperidine rings is 2. The number of primary amides is 2. The predicted molar refractivity (Wildman–Crippen MR) is 329 cm³/mol. The number of halogens is 1. The lowest BCUT2D eigenvalue weighted by atomic mass is 9.80. The molecular weight excluding hydrogens is 1150 g/mol. The molecule has 22 nitrogen and oxygen atoms in total. The van der Waals surface area contributed by atoms with Crippen molar-refractivity contribution in [3.05, 3.63) is 34.9 Å². The Kier molecular flexibility index (Phi) is 20.2. The number of carbonyl (C=O) groups excluding carboxylic acids is 12. The van der Waals surface area contributed by atoms with Gasteiger partial charge in [-0.3, -0.25) is 47.9 Å². The van der Waals surface area contributed by atoms with Crippen LogP contribution in [0.3, 0.4) is 0 Å². The van der Waals surface area contributed by atoms with Gasteiger partial charge in [0.15, 0.2) is 11.6 Å². The number of nitrogens with two attached hydrogens (primary N) is 2. The summed E-state index contributed by atoms with van der Waals surface area (Å²) >= 11 is 5.97. The third-order valence-corrected chi connectivity index (χ3v) is 20.6. The number of carbonyl (C=O) groups is 12. The molecule has 8 rings (SSSR count). The van der Waals surface area contributed by atoms with Crippen LogP contribution in [0, 0.1) is 74.4 Å². The van der Waals surface area contributed by atoms with E-state index in [9.17, 15) is 57.5 Å². The molecule has 2 aliphatic heterocycles. The molecule has 2 unspecified atom stereocenters. The van der Waals surface area contributed by atoms with Gasteiger partial charge < -0.3 is 53.2 Å². The van der Waals surface area contributed by atoms with Gasteiger partial charge in [0.25, 0.3) is 11.8 Å². The van der Waals surface area contributed by atoms with Crippen molar-refractivity contribution in [2.75, 3.05) is 13.1 Å². The van der Waals surface area contributed by atoms with Gasteiger partial charge in [-0.15, -0.1) is 0 Å². The molecule has 10 N–H and O–H groups in total. The maximum atomic E-state index is 14.2. The van der Waals surface area contributed by atoms with E-state index in [4.69, 9.17) is 23.1 Å². The van der Waals surface area contributed by atoms with E-state index in [1.807, 2.05) is 90.0 Å². The summed E-state index contributed by atoms with van der Waals surface area (Å²) in [5.41, 5.74) is 8.72. The summed E-state index contributed by atoms with van der Waals surface area (Å²) in [6.45, 7) is 29.1. The Bertz CT molecular complexity index is 2940. The van der Waals surface area contributed by atoms with Crippen LogP contribution in [0.1, 0.15) is 172 Å². The third-order valence-electron chi connectivity index (χ3n) is 20.3. The molecule has 5 saturated carbocycles. The number of hydrogen-bond acceptors (Lipinski definition) is 12. The van der Waals surface area contributed by atoms with Crippen molar-refractivity contribution in [3.8, 4) is 0 Å². The first-order chi connectivity index (χ1) is 40.6. The van der Waals surface area contributed by atoms with Gasteiger partial charge in [-0.25, -0.2) is 9.59 Å². The smallest absolute Gasteiger partial charge is 0.316 e. The van der Waals surface area contributed by atoms with Crippen molar-refractivity contribution < 1.29 is 57.5 Å². The highest BCUT2D eigenvalue weighted by Gasteiger charge is 2.71. The zero-order valence-electron chi connectivity index (χ0n) is 54.2. The molecule has 0 bridgehead atoms. The van der Waals surface area contributed by atoms with Crippen LogP contribution >= 0.6 is 11.6 Å². The molecule has 2 saturated heterocycles. The normalized spacial score (nSPS) is 25.4. The van der Waals surface area contributed by atoms with Gasteiger partial charge in [-0.1, -0.05) is 148 Å². The summed E-state index contributed by atoms with van der Waals surface area (Å²) in [5.74, 6) is -6.05. The number of ketones is 4. The van der Waals surface area contributed by atoms with E-state index in [-0.39, 0.29) is 69.7 Å². The number of fused-ring (bicyclic) bond motifs is 2. The summed E-state index contributed by atoms with van der Waals surface area (Å²) in [6, 6.07) is -2.29. The number of nitrogens with one attached hydrogen (secondary N) is 6. The minimum Gasteiger partial charge on any atom is -0.363 e. The van der Waals surface area contributed by atoms with Crippen molar-refractivity contribution in [1.82, 2.24) is 41.7 Å². The molecule has 88 heavy (non-hydrogen) atoms. The van der Waals surface area contributed by atoms with E-state index in [1.54, 1.807) is 24.3 Å². The second kappa shape index (κ2) is 25.8. The first-order valence-corrected chi connectivity index (χ1v) is 31.9. The minimum absolute atomic E-state index is 0.00292. The lowest BCUT2D eigenvalue weighted by Crippen LogP contribution is -2.62. The van der Waals surface area contributed by atoms with E-state index in [2.05, 4.69) is 45.7 Å². The topological polar surface area (TPSA) is 336 Å². The van der Waals surface area contributed by atoms with Crippen LogP contribution in [0.4, 0.5) is 9.59 Å². The van der Waals surface area contributed by atoms with Gasteiger partial charge in [0, 0.05) is 29.1 Å². The summed E-state index contributed by atoms with van der Waals surface area (Å²) in [7, 11) is 0. The highest BCUT2D eigenvalue weighted by Crippen LogP contribution is 2.66. The Labute approximate surface area is 523 Å². The van der Waals surface area contributed by atoms with Gasteiger partial charge in [-0.05, 0) is 119 Å². The molecular formula is C65H97ClN10O12. The minimum atomic E-state index is -1.11. The molecule has 0 spiro atoms. The molecule has 0 radical (unpaired) electrons. The highest BCUT2D eigenvalue weighted by molar-refractivity contribution is 6.38. The van der Waals surface area contributed by atoms with Crippen molar-refractivity contribution in [3.63, 3.8) is 0 Å². The molecule has 12 atom stereocenters. The molecule has 486 valence electrons. The van der Waals surface area contributed by atoms with E-state index < -0.39 is 124 Å². The average Bonchev–Trinajstić information content (AvgIpc) is 1.58. The van der Waals surface area contributed by atoms with Gasteiger partial charge in [0.05, 0.1) is 24.2 Å². The lowest BCUT2D eigenvalue weighted by Gasteiger charge is -2.38. The molecule has 23 heteroatoms. The predicted octanol–water partition coefficient (Wildman–Crippen LogP) is 5.39. The second-order valence-electron chi connectivity index (χ2n) is 30.6. The number of benzene rings is 1. The van der Waals surface area contributed by atoms with Gasteiger partial charge >= 0.3 is 12.1 Å². The lowest BCUT2D eigenvalue weighted by molar-refractivity contribution is -0.145. The summed E-state index contributed by atoms with van der Waals surface area (Å²) < 4.78 is 0. The van der Waals surface area contributed by atoms with E-state index in [1.165, 1.54) is 9.80 Å². The summed E-state index contributed by atoms with van der Waals surface area (Å²) in [6.07, 6.45) is 6.97. The fourth-order valence-electron chi connectivity index (χ4n) is 13.6. The number of hydrogen-bond donors (Lipinski definition) is 8. The molecule has 1 aromatic carbocycles. The van der Waals surface area contributed by atoms with Crippen molar-refractivity contribution in [1.29, 1.82) is 0 Å². The number of Topliss-reactive ketones (excluding diaryl/α,β-unsaturated/α-hetero) is 4. The van der Waals surface area contributed by atoms with Crippen LogP contribution in [0.2, 0.25) is 5.02 Å². The first kappa shape index (κ1) is 69.0. The average molecular weight is 1250 g/mol. The fourth-order valence-corrected chi connectivity index (χ4v) is 13.8. The quantitative estimate of drug-likeness (QED) is 0.0477. The largest absolute Gasteiger partial charge is 0.363 e. The summed E-state index contributed by atoms with van der Waals surface area (Å²) in [4.78, 5) is 161. The SMILES string of the molecule is CC(C)[C@H](NC(=O)N[C@H](C(=O)N1C[C@H]2[C@@H]([C@H]1C(=O)NC(CC1CC1)C(=O)C(N)=O)C2(C)C)C(C)(C)C)C(=O)c1ccc(Cl)cc1.CC(C)[C@H](NC(=O)N[C@H](C(=O)N1C[C@H]2[C@@H]([C@H]1C(=O)NC(CC1CCC1)C(=O)C(N)=O)C2(C)C)C(C)(C)C)C(=O)C1(C)CC1. The Hall–Kier alpha value is -6.45. The van der Waals surface area contributed by atoms with Crippen LogP contribution in [0.15, 0.2) is 24.3 Å². The van der Waals surface area contributed by atoms with Crippen LogP contribution in [-0.4, -0.2) is 142 Å². The number of rotatable bonds is 24. The number of urea groups is 2. The highest BCUT2D eigenvalue weighted by atomic mass is 35.5. The van der Waals surface area contributed by atoms with Gasteiger partial charge in [0.2, 0.25) is 35.2 Å². The van der Waals surface area contributed by atoms with Crippen LogP contribution < -0.4 is 43.4 Å². The molecule has 1 aromatic rings. The molecule has 2 heterocycles. The maximum Gasteiger partial charge on any atom is 0.316 e. The second-order valence-corrected chi connectivity index (χ2v) is 31.1. The number of amides is 10.